The molecule has 0 bridgehead atoms. The topological polar surface area (TPSA) is 46.2 Å². The van der Waals surface area contributed by atoms with Crippen molar-refractivity contribution in [2.75, 3.05) is 0 Å². The molecule has 0 unspecified atom stereocenters. The van der Waals surface area contributed by atoms with Gasteiger partial charge in [0.2, 0.25) is 0 Å². The van der Waals surface area contributed by atoms with Gasteiger partial charge in [0.05, 0.1) is 0 Å². The Hall–Kier alpha value is -1.07. The first-order valence-corrected chi connectivity index (χ1v) is 4.37. The van der Waals surface area contributed by atoms with Crippen LogP contribution < -0.4 is 5.73 Å². The van der Waals surface area contributed by atoms with Crippen molar-refractivity contribution >= 4 is 0 Å². The summed E-state index contributed by atoms with van der Waals surface area (Å²) in [6, 6.07) is 5.54. The Morgan fingerprint density at radius 1 is 1.33 bits per heavy atom. The Labute approximate surface area is 85.5 Å². The van der Waals surface area contributed by atoms with E-state index in [1.165, 1.54) is 18.2 Å². The highest BCUT2D eigenvalue weighted by Gasteiger charge is 2.51. The molecular weight excluding hydrogens is 207 g/mol. The van der Waals surface area contributed by atoms with Crippen LogP contribution in [0.3, 0.4) is 0 Å². The molecule has 1 atom stereocenters. The van der Waals surface area contributed by atoms with Gasteiger partial charge in [0.15, 0.2) is 5.60 Å². The molecule has 0 radical (unpaired) electrons. The zero-order valence-electron chi connectivity index (χ0n) is 8.17. The fourth-order valence-corrected chi connectivity index (χ4v) is 1.16. The van der Waals surface area contributed by atoms with Gasteiger partial charge in [-0.2, -0.15) is 13.2 Å². The summed E-state index contributed by atoms with van der Waals surface area (Å²) in [6.07, 6.45) is -4.69. The molecule has 1 aromatic carbocycles. The van der Waals surface area contributed by atoms with Gasteiger partial charge in [-0.1, -0.05) is 24.3 Å². The third-order valence-electron chi connectivity index (χ3n) is 2.28. The van der Waals surface area contributed by atoms with Crippen LogP contribution in [0.5, 0.6) is 0 Å². The Bertz CT molecular complexity index is 347. The Morgan fingerprint density at radius 3 is 2.40 bits per heavy atom. The smallest absolute Gasteiger partial charge is 0.376 e. The molecule has 15 heavy (non-hydrogen) atoms. The van der Waals surface area contributed by atoms with Gasteiger partial charge in [-0.3, -0.25) is 0 Å². The number of hydrogen-bond acceptors (Lipinski definition) is 2. The zero-order chi connectivity index (χ0) is 11.7. The molecule has 0 aliphatic heterocycles. The molecule has 0 saturated carbocycles. The molecule has 0 aliphatic rings. The van der Waals surface area contributed by atoms with E-state index in [4.69, 9.17) is 5.73 Å². The summed E-state index contributed by atoms with van der Waals surface area (Å²) in [6.45, 7) is 0.865. The highest BCUT2D eigenvalue weighted by molar-refractivity contribution is 5.28. The maximum atomic E-state index is 12.5. The number of aliphatic hydroxyl groups is 1. The average Bonchev–Trinajstić information content (AvgIpc) is 2.16. The van der Waals surface area contributed by atoms with Gasteiger partial charge < -0.3 is 10.8 Å². The van der Waals surface area contributed by atoms with Crippen LogP contribution in [0.1, 0.15) is 18.1 Å². The van der Waals surface area contributed by atoms with Crippen molar-refractivity contribution in [3.8, 4) is 0 Å². The molecule has 0 fully saturated rings. The van der Waals surface area contributed by atoms with E-state index in [0.717, 1.165) is 6.92 Å². The van der Waals surface area contributed by atoms with Crippen molar-refractivity contribution in [2.24, 2.45) is 5.73 Å². The molecule has 0 spiro atoms. The van der Waals surface area contributed by atoms with Crippen LogP contribution in [-0.2, 0) is 12.1 Å². The summed E-state index contributed by atoms with van der Waals surface area (Å²) >= 11 is 0. The van der Waals surface area contributed by atoms with Crippen molar-refractivity contribution in [1.82, 2.24) is 0 Å². The number of benzene rings is 1. The van der Waals surface area contributed by atoms with Crippen LogP contribution in [-0.4, -0.2) is 11.3 Å². The second-order valence-electron chi connectivity index (χ2n) is 3.47. The van der Waals surface area contributed by atoms with Crippen LogP contribution in [0.4, 0.5) is 13.2 Å². The van der Waals surface area contributed by atoms with Gasteiger partial charge >= 0.3 is 6.18 Å². The molecule has 84 valence electrons. The first kappa shape index (κ1) is 12.0. The first-order chi connectivity index (χ1) is 6.79. The Kier molecular flexibility index (Phi) is 3.06. The SMILES string of the molecule is C[C@@](O)(c1cccc(CN)c1)C(F)(F)F. The van der Waals surface area contributed by atoms with Gasteiger partial charge in [0.1, 0.15) is 0 Å². The number of alkyl halides is 3. The number of nitrogens with two attached hydrogens (primary N) is 1. The quantitative estimate of drug-likeness (QED) is 0.798. The summed E-state index contributed by atoms with van der Waals surface area (Å²) < 4.78 is 37.4. The fourth-order valence-electron chi connectivity index (χ4n) is 1.16. The lowest BCUT2D eigenvalue weighted by atomic mass is 9.94. The van der Waals surface area contributed by atoms with Crippen molar-refractivity contribution in [3.63, 3.8) is 0 Å². The number of rotatable bonds is 2. The molecule has 0 aromatic heterocycles. The molecule has 1 rings (SSSR count). The molecule has 0 aliphatic carbocycles. The lowest BCUT2D eigenvalue weighted by Crippen LogP contribution is -2.39. The monoisotopic (exact) mass is 219 g/mol. The van der Waals surface area contributed by atoms with E-state index in [-0.39, 0.29) is 12.1 Å². The lowest BCUT2D eigenvalue weighted by Gasteiger charge is -2.27. The van der Waals surface area contributed by atoms with Crippen LogP contribution in [0.25, 0.3) is 0 Å². The first-order valence-electron chi connectivity index (χ1n) is 4.37. The third-order valence-corrected chi connectivity index (χ3v) is 2.28. The van der Waals surface area contributed by atoms with Crippen molar-refractivity contribution in [1.29, 1.82) is 0 Å². The summed E-state index contributed by atoms with van der Waals surface area (Å²) in [5.74, 6) is 0. The Balaban J connectivity index is 3.15. The van der Waals surface area contributed by atoms with Gasteiger partial charge in [-0.25, -0.2) is 0 Å². The molecule has 1 aromatic rings. The second-order valence-corrected chi connectivity index (χ2v) is 3.47. The van der Waals surface area contributed by atoms with E-state index >= 15 is 0 Å². The molecule has 3 N–H and O–H groups in total. The fraction of sp³-hybridized carbons (Fsp3) is 0.400. The van der Waals surface area contributed by atoms with Crippen molar-refractivity contribution in [2.45, 2.75) is 25.2 Å². The van der Waals surface area contributed by atoms with E-state index in [1.807, 2.05) is 0 Å². The molecule has 0 heterocycles. The summed E-state index contributed by atoms with van der Waals surface area (Å²) in [7, 11) is 0. The number of halogens is 3. The molecule has 0 amide bonds. The largest absolute Gasteiger partial charge is 0.421 e. The second kappa shape index (κ2) is 3.83. The van der Waals surface area contributed by atoms with E-state index in [0.29, 0.717) is 5.56 Å². The minimum Gasteiger partial charge on any atom is -0.376 e. The van der Waals surface area contributed by atoms with Crippen LogP contribution in [0.2, 0.25) is 0 Å². The van der Waals surface area contributed by atoms with Gasteiger partial charge in [-0.05, 0) is 18.1 Å². The minimum atomic E-state index is -4.69. The van der Waals surface area contributed by atoms with E-state index in [1.54, 1.807) is 6.07 Å². The average molecular weight is 219 g/mol. The lowest BCUT2D eigenvalue weighted by molar-refractivity contribution is -0.258. The normalized spacial score (nSPS) is 16.1. The number of hydrogen-bond donors (Lipinski definition) is 2. The van der Waals surface area contributed by atoms with Gasteiger partial charge in [0.25, 0.3) is 0 Å². The highest BCUT2D eigenvalue weighted by Crippen LogP contribution is 2.38. The molecular formula is C10H12F3NO. The van der Waals surface area contributed by atoms with Crippen LogP contribution >= 0.6 is 0 Å². The maximum Gasteiger partial charge on any atom is 0.421 e. The predicted octanol–water partition coefficient (Wildman–Crippen LogP) is 1.92. The predicted molar refractivity (Wildman–Crippen MR) is 50.0 cm³/mol. The summed E-state index contributed by atoms with van der Waals surface area (Å²) in [5, 5.41) is 9.38. The molecule has 5 heteroatoms. The van der Waals surface area contributed by atoms with Gasteiger partial charge in [0, 0.05) is 6.54 Å². The maximum absolute atomic E-state index is 12.5. The minimum absolute atomic E-state index is 0.141. The third kappa shape index (κ3) is 2.30. The van der Waals surface area contributed by atoms with Gasteiger partial charge in [-0.15, -0.1) is 0 Å². The highest BCUT2D eigenvalue weighted by atomic mass is 19.4. The van der Waals surface area contributed by atoms with Crippen molar-refractivity contribution in [3.05, 3.63) is 35.4 Å². The summed E-state index contributed by atoms with van der Waals surface area (Å²) in [4.78, 5) is 0. The van der Waals surface area contributed by atoms with Crippen LogP contribution in [0.15, 0.2) is 24.3 Å². The zero-order valence-corrected chi connectivity index (χ0v) is 8.17. The Morgan fingerprint density at radius 2 is 1.93 bits per heavy atom. The summed E-state index contributed by atoms with van der Waals surface area (Å²) in [5.41, 5.74) is 2.83. The van der Waals surface area contributed by atoms with Crippen LogP contribution in [0, 0.1) is 0 Å². The molecule has 2 nitrogen and oxygen atoms in total. The van der Waals surface area contributed by atoms with Crippen molar-refractivity contribution < 1.29 is 18.3 Å². The van der Waals surface area contributed by atoms with E-state index in [9.17, 15) is 18.3 Å². The standard InChI is InChI=1S/C10H12F3NO/c1-9(15,10(11,12)13)8-4-2-3-7(5-8)6-14/h2-5,15H,6,14H2,1H3/t9-/m1/s1. The van der Waals surface area contributed by atoms with E-state index < -0.39 is 11.8 Å². The molecule has 0 saturated heterocycles. The van der Waals surface area contributed by atoms with E-state index in [2.05, 4.69) is 0 Å².